The number of piperidine rings is 1. The summed E-state index contributed by atoms with van der Waals surface area (Å²) in [6, 6.07) is 4.75. The first kappa shape index (κ1) is 12.4. The molecule has 1 unspecified atom stereocenters. The lowest BCUT2D eigenvalue weighted by Crippen LogP contribution is -2.38. The molecule has 0 bridgehead atoms. The minimum Gasteiger partial charge on any atom is -0.508 e. The molecule has 0 radical (unpaired) electrons. The maximum absolute atomic E-state index is 13.2. The molecule has 0 aromatic heterocycles. The van der Waals surface area contributed by atoms with E-state index in [0.29, 0.717) is 18.2 Å². The van der Waals surface area contributed by atoms with E-state index in [9.17, 15) is 9.50 Å². The van der Waals surface area contributed by atoms with Crippen LogP contribution < -0.4 is 0 Å². The van der Waals surface area contributed by atoms with Crippen molar-refractivity contribution in [2.45, 2.75) is 45.2 Å². The fourth-order valence-electron chi connectivity index (χ4n) is 2.63. The molecule has 1 aliphatic heterocycles. The summed E-state index contributed by atoms with van der Waals surface area (Å²) in [7, 11) is 0. The van der Waals surface area contributed by atoms with Gasteiger partial charge in [0.1, 0.15) is 11.6 Å². The number of nitrogens with zero attached hydrogens (tertiary/aromatic N) is 1. The first-order chi connectivity index (χ1) is 8.20. The summed E-state index contributed by atoms with van der Waals surface area (Å²) in [6.45, 7) is 3.89. The largest absolute Gasteiger partial charge is 0.508 e. The van der Waals surface area contributed by atoms with E-state index in [4.69, 9.17) is 0 Å². The van der Waals surface area contributed by atoms with E-state index in [1.165, 1.54) is 37.5 Å². The molecule has 0 spiro atoms. The molecule has 1 aromatic rings. The maximum atomic E-state index is 13.2. The molecule has 1 aromatic carbocycles. The van der Waals surface area contributed by atoms with E-state index >= 15 is 0 Å². The van der Waals surface area contributed by atoms with Crippen molar-refractivity contribution in [1.82, 2.24) is 4.90 Å². The van der Waals surface area contributed by atoms with Crippen molar-refractivity contribution in [2.24, 2.45) is 0 Å². The standard InChI is InChI=1S/C14H20FNO/c1-2-13-5-3-4-8-16(13)10-11-9-12(15)6-7-14(11)17/h6-7,9,13,17H,2-5,8,10H2,1H3. The zero-order valence-corrected chi connectivity index (χ0v) is 10.3. The minimum atomic E-state index is -0.275. The Kier molecular flexibility index (Phi) is 4.00. The molecule has 2 rings (SSSR count). The van der Waals surface area contributed by atoms with Crippen LogP contribution in [0.3, 0.4) is 0 Å². The molecule has 1 aliphatic rings. The van der Waals surface area contributed by atoms with Gasteiger partial charge in [0.25, 0.3) is 0 Å². The number of likely N-dealkylation sites (tertiary alicyclic amines) is 1. The van der Waals surface area contributed by atoms with Crippen LogP contribution in [-0.2, 0) is 6.54 Å². The van der Waals surface area contributed by atoms with Crippen LogP contribution in [0.25, 0.3) is 0 Å². The normalized spacial score (nSPS) is 21.6. The Bertz CT molecular complexity index is 380. The van der Waals surface area contributed by atoms with Crippen LogP contribution in [-0.4, -0.2) is 22.6 Å². The highest BCUT2D eigenvalue weighted by Gasteiger charge is 2.21. The summed E-state index contributed by atoms with van der Waals surface area (Å²) >= 11 is 0. The van der Waals surface area contributed by atoms with Crippen molar-refractivity contribution < 1.29 is 9.50 Å². The molecule has 1 fully saturated rings. The van der Waals surface area contributed by atoms with Crippen LogP contribution in [0.15, 0.2) is 18.2 Å². The minimum absolute atomic E-state index is 0.201. The van der Waals surface area contributed by atoms with Gasteiger partial charge in [0, 0.05) is 18.2 Å². The lowest BCUT2D eigenvalue weighted by Gasteiger charge is -2.35. The first-order valence-corrected chi connectivity index (χ1v) is 6.42. The van der Waals surface area contributed by atoms with Gasteiger partial charge < -0.3 is 5.11 Å². The molecule has 1 heterocycles. The van der Waals surface area contributed by atoms with Gasteiger partial charge in [-0.2, -0.15) is 0 Å². The van der Waals surface area contributed by atoms with E-state index in [1.807, 2.05) is 0 Å². The van der Waals surface area contributed by atoms with Crippen molar-refractivity contribution >= 4 is 0 Å². The average Bonchev–Trinajstić information content (AvgIpc) is 2.34. The number of benzene rings is 1. The number of rotatable bonds is 3. The highest BCUT2D eigenvalue weighted by atomic mass is 19.1. The lowest BCUT2D eigenvalue weighted by atomic mass is 9.99. The van der Waals surface area contributed by atoms with Crippen LogP contribution in [0.1, 0.15) is 38.2 Å². The van der Waals surface area contributed by atoms with Crippen LogP contribution in [0, 0.1) is 5.82 Å². The van der Waals surface area contributed by atoms with E-state index in [2.05, 4.69) is 11.8 Å². The highest BCUT2D eigenvalue weighted by Crippen LogP contribution is 2.25. The molecule has 0 saturated carbocycles. The number of phenolic OH excluding ortho intramolecular Hbond substituents is 1. The Labute approximate surface area is 102 Å². The Hall–Kier alpha value is -1.09. The van der Waals surface area contributed by atoms with Crippen molar-refractivity contribution in [3.63, 3.8) is 0 Å². The number of hydrogen-bond acceptors (Lipinski definition) is 2. The summed E-state index contributed by atoms with van der Waals surface area (Å²) in [5, 5.41) is 9.73. The van der Waals surface area contributed by atoms with Crippen LogP contribution >= 0.6 is 0 Å². The number of hydrogen-bond donors (Lipinski definition) is 1. The monoisotopic (exact) mass is 237 g/mol. The molecule has 1 saturated heterocycles. The third-order valence-electron chi connectivity index (χ3n) is 3.64. The second-order valence-corrected chi connectivity index (χ2v) is 4.80. The summed E-state index contributed by atoms with van der Waals surface area (Å²) in [4.78, 5) is 2.36. The van der Waals surface area contributed by atoms with Crippen LogP contribution in [0.4, 0.5) is 4.39 Å². The van der Waals surface area contributed by atoms with Crippen LogP contribution in [0.2, 0.25) is 0 Å². The Morgan fingerprint density at radius 3 is 3.00 bits per heavy atom. The average molecular weight is 237 g/mol. The van der Waals surface area contributed by atoms with E-state index in [1.54, 1.807) is 0 Å². The fourth-order valence-corrected chi connectivity index (χ4v) is 2.63. The Morgan fingerprint density at radius 1 is 1.41 bits per heavy atom. The number of aromatic hydroxyl groups is 1. The van der Waals surface area contributed by atoms with Crippen molar-refractivity contribution in [3.8, 4) is 5.75 Å². The van der Waals surface area contributed by atoms with E-state index < -0.39 is 0 Å². The molecule has 0 aliphatic carbocycles. The predicted octanol–water partition coefficient (Wildman–Crippen LogP) is 3.30. The van der Waals surface area contributed by atoms with Crippen molar-refractivity contribution in [3.05, 3.63) is 29.6 Å². The van der Waals surface area contributed by atoms with Gasteiger partial charge >= 0.3 is 0 Å². The molecule has 3 heteroatoms. The van der Waals surface area contributed by atoms with Gasteiger partial charge in [0.05, 0.1) is 0 Å². The molecule has 17 heavy (non-hydrogen) atoms. The van der Waals surface area contributed by atoms with Gasteiger partial charge in [0.15, 0.2) is 0 Å². The molecule has 94 valence electrons. The summed E-state index contributed by atoms with van der Waals surface area (Å²) in [5.41, 5.74) is 0.699. The number of halogens is 1. The Morgan fingerprint density at radius 2 is 2.24 bits per heavy atom. The maximum Gasteiger partial charge on any atom is 0.123 e. The third kappa shape index (κ3) is 2.97. The number of phenols is 1. The van der Waals surface area contributed by atoms with Gasteiger partial charge in [0.2, 0.25) is 0 Å². The molecular weight excluding hydrogens is 217 g/mol. The van der Waals surface area contributed by atoms with E-state index in [0.717, 1.165) is 13.0 Å². The molecular formula is C14H20FNO. The molecule has 0 amide bonds. The zero-order chi connectivity index (χ0) is 12.3. The van der Waals surface area contributed by atoms with Gasteiger partial charge in [-0.1, -0.05) is 13.3 Å². The molecule has 2 nitrogen and oxygen atoms in total. The van der Waals surface area contributed by atoms with E-state index in [-0.39, 0.29) is 11.6 Å². The third-order valence-corrected chi connectivity index (χ3v) is 3.64. The van der Waals surface area contributed by atoms with Gasteiger partial charge in [-0.25, -0.2) is 4.39 Å². The lowest BCUT2D eigenvalue weighted by molar-refractivity contribution is 0.135. The summed E-state index contributed by atoms with van der Waals surface area (Å²) < 4.78 is 13.2. The SMILES string of the molecule is CCC1CCCCN1Cc1cc(F)ccc1O. The van der Waals surface area contributed by atoms with Crippen molar-refractivity contribution in [1.29, 1.82) is 0 Å². The molecule has 1 N–H and O–H groups in total. The second-order valence-electron chi connectivity index (χ2n) is 4.80. The first-order valence-electron chi connectivity index (χ1n) is 6.42. The van der Waals surface area contributed by atoms with Crippen LogP contribution in [0.5, 0.6) is 5.75 Å². The van der Waals surface area contributed by atoms with Crippen molar-refractivity contribution in [2.75, 3.05) is 6.54 Å². The fraction of sp³-hybridized carbons (Fsp3) is 0.571. The van der Waals surface area contributed by atoms with Gasteiger partial charge in [-0.05, 0) is 44.0 Å². The zero-order valence-electron chi connectivity index (χ0n) is 10.3. The smallest absolute Gasteiger partial charge is 0.123 e. The molecule has 1 atom stereocenters. The second kappa shape index (κ2) is 5.50. The quantitative estimate of drug-likeness (QED) is 0.872. The van der Waals surface area contributed by atoms with Gasteiger partial charge in [-0.15, -0.1) is 0 Å². The summed E-state index contributed by atoms with van der Waals surface area (Å²) in [6.07, 6.45) is 4.82. The summed E-state index contributed by atoms with van der Waals surface area (Å²) in [5.74, 6) is -0.0744. The Balaban J connectivity index is 2.10. The topological polar surface area (TPSA) is 23.5 Å². The van der Waals surface area contributed by atoms with Gasteiger partial charge in [-0.3, -0.25) is 4.90 Å². The predicted molar refractivity (Wildman–Crippen MR) is 66.4 cm³/mol. The highest BCUT2D eigenvalue weighted by molar-refractivity contribution is 5.32.